The second kappa shape index (κ2) is 3.71. The summed E-state index contributed by atoms with van der Waals surface area (Å²) in [7, 11) is 0. The Morgan fingerprint density at radius 1 is 1.80 bits per heavy atom. The van der Waals surface area contributed by atoms with Crippen molar-refractivity contribution in [2.75, 3.05) is 0 Å². The van der Waals surface area contributed by atoms with E-state index >= 15 is 0 Å². The molecule has 0 aliphatic carbocycles. The highest BCUT2D eigenvalue weighted by Gasteiger charge is 1.97. The van der Waals surface area contributed by atoms with Crippen molar-refractivity contribution in [3.63, 3.8) is 0 Å². The van der Waals surface area contributed by atoms with Crippen LogP contribution in [-0.4, -0.2) is 11.0 Å². The Labute approximate surface area is 59.1 Å². The first-order chi connectivity index (χ1) is 4.52. The molecule has 0 amide bonds. The molecule has 0 unspecified atom stereocenters. The fourth-order valence-electron chi connectivity index (χ4n) is 0.484. The summed E-state index contributed by atoms with van der Waals surface area (Å²) in [5, 5.41) is 12.5. The van der Waals surface area contributed by atoms with Gasteiger partial charge in [-0.1, -0.05) is 0 Å². The van der Waals surface area contributed by atoms with Crippen LogP contribution in [0.2, 0.25) is 0 Å². The summed E-state index contributed by atoms with van der Waals surface area (Å²) in [6.07, 6.45) is 0.736. The molecule has 0 aromatic heterocycles. The molecule has 0 spiro atoms. The molecule has 5 nitrogen and oxygen atoms in total. The van der Waals surface area contributed by atoms with Crippen molar-refractivity contribution in [2.24, 2.45) is 5.73 Å². The summed E-state index contributed by atoms with van der Waals surface area (Å²) < 4.78 is 0. The van der Waals surface area contributed by atoms with E-state index in [9.17, 15) is 10.1 Å². The Hall–Kier alpha value is -1.26. The van der Waals surface area contributed by atoms with Crippen molar-refractivity contribution in [1.82, 2.24) is 5.32 Å². The lowest BCUT2D eigenvalue weighted by atomic mass is 10.4. The monoisotopic (exact) mass is 145 g/mol. The molecule has 0 heterocycles. The van der Waals surface area contributed by atoms with Gasteiger partial charge in [0.15, 0.2) is 5.82 Å². The summed E-state index contributed by atoms with van der Waals surface area (Å²) >= 11 is 0. The molecular formula is C5H11N3O2. The summed E-state index contributed by atoms with van der Waals surface area (Å²) in [4.78, 5) is 9.21. The minimum absolute atomic E-state index is 0.0833. The molecule has 0 aromatic carbocycles. The van der Waals surface area contributed by atoms with Gasteiger partial charge in [0, 0.05) is 6.04 Å². The zero-order valence-corrected chi connectivity index (χ0v) is 6.00. The molecule has 3 N–H and O–H groups in total. The molecule has 0 saturated carbocycles. The third-order valence-electron chi connectivity index (χ3n) is 0.700. The van der Waals surface area contributed by atoms with E-state index in [4.69, 9.17) is 5.73 Å². The third-order valence-corrected chi connectivity index (χ3v) is 0.700. The van der Waals surface area contributed by atoms with Crippen molar-refractivity contribution >= 4 is 0 Å². The number of nitrogens with one attached hydrogen (secondary N) is 1. The molecule has 10 heavy (non-hydrogen) atoms. The first kappa shape index (κ1) is 8.74. The first-order valence-electron chi connectivity index (χ1n) is 2.89. The molecule has 0 aliphatic heterocycles. The van der Waals surface area contributed by atoms with E-state index < -0.39 is 4.92 Å². The maximum atomic E-state index is 9.80. The molecule has 0 rings (SSSR count). The van der Waals surface area contributed by atoms with E-state index in [1.54, 1.807) is 0 Å². The fourth-order valence-corrected chi connectivity index (χ4v) is 0.484. The summed E-state index contributed by atoms with van der Waals surface area (Å²) in [5.41, 5.74) is 5.18. The van der Waals surface area contributed by atoms with Gasteiger partial charge in [0.1, 0.15) is 0 Å². The van der Waals surface area contributed by atoms with Gasteiger partial charge < -0.3 is 11.1 Å². The van der Waals surface area contributed by atoms with Crippen LogP contribution in [0.5, 0.6) is 0 Å². The van der Waals surface area contributed by atoms with Crippen LogP contribution in [0, 0.1) is 10.1 Å². The maximum Gasteiger partial charge on any atom is 0.273 e. The van der Waals surface area contributed by atoms with Crippen LogP contribution in [-0.2, 0) is 0 Å². The van der Waals surface area contributed by atoms with E-state index in [0.717, 1.165) is 6.20 Å². The van der Waals surface area contributed by atoms with Gasteiger partial charge in [0.05, 0.1) is 4.92 Å². The smallest absolute Gasteiger partial charge is 0.273 e. The fraction of sp³-hybridized carbons (Fsp3) is 0.600. The lowest BCUT2D eigenvalue weighted by molar-refractivity contribution is -0.403. The highest BCUT2D eigenvalue weighted by atomic mass is 16.6. The highest BCUT2D eigenvalue weighted by molar-refractivity contribution is 4.88. The van der Waals surface area contributed by atoms with Gasteiger partial charge in [-0.15, -0.1) is 0 Å². The van der Waals surface area contributed by atoms with Crippen molar-refractivity contribution in [3.8, 4) is 0 Å². The summed E-state index contributed by atoms with van der Waals surface area (Å²) in [5.74, 6) is 0.0833. The van der Waals surface area contributed by atoms with Crippen molar-refractivity contribution in [2.45, 2.75) is 19.9 Å². The van der Waals surface area contributed by atoms with Gasteiger partial charge in [-0.05, 0) is 13.8 Å². The minimum atomic E-state index is -0.593. The summed E-state index contributed by atoms with van der Waals surface area (Å²) in [6, 6.07) is 0.121. The van der Waals surface area contributed by atoms with Crippen molar-refractivity contribution < 1.29 is 4.92 Å². The molecule has 0 atom stereocenters. The van der Waals surface area contributed by atoms with E-state index in [1.165, 1.54) is 0 Å². The Morgan fingerprint density at radius 3 is 2.60 bits per heavy atom. The third kappa shape index (κ3) is 4.89. The Kier molecular flexibility index (Phi) is 3.24. The van der Waals surface area contributed by atoms with Crippen LogP contribution in [0.3, 0.4) is 0 Å². The number of hydrogen-bond acceptors (Lipinski definition) is 4. The Balaban J connectivity index is 3.83. The molecule has 0 aromatic rings. The molecule has 0 radical (unpaired) electrons. The van der Waals surface area contributed by atoms with Crippen LogP contribution >= 0.6 is 0 Å². The zero-order chi connectivity index (χ0) is 8.15. The number of hydrogen-bond donors (Lipinski definition) is 2. The second-order valence-electron chi connectivity index (χ2n) is 2.17. The predicted octanol–water partition coefficient (Wildman–Crippen LogP) is 0.0187. The van der Waals surface area contributed by atoms with Crippen LogP contribution < -0.4 is 11.1 Å². The van der Waals surface area contributed by atoms with Gasteiger partial charge in [0.25, 0.3) is 6.20 Å². The predicted molar refractivity (Wildman–Crippen MR) is 37.5 cm³/mol. The van der Waals surface area contributed by atoms with Crippen molar-refractivity contribution in [3.05, 3.63) is 22.1 Å². The molecule has 58 valence electrons. The van der Waals surface area contributed by atoms with E-state index in [2.05, 4.69) is 5.32 Å². The lowest BCUT2D eigenvalue weighted by Gasteiger charge is -2.05. The molecule has 0 saturated heterocycles. The number of nitrogens with zero attached hydrogens (tertiary/aromatic N) is 1. The number of nitro groups is 1. The maximum absolute atomic E-state index is 9.80. The number of nitrogens with two attached hydrogens (primary N) is 1. The van der Waals surface area contributed by atoms with Crippen LogP contribution in [0.25, 0.3) is 0 Å². The topological polar surface area (TPSA) is 81.2 Å². The largest absolute Gasteiger partial charge is 0.380 e. The van der Waals surface area contributed by atoms with Crippen molar-refractivity contribution in [1.29, 1.82) is 0 Å². The zero-order valence-electron chi connectivity index (χ0n) is 6.00. The molecule has 0 fully saturated rings. The van der Waals surface area contributed by atoms with E-state index in [-0.39, 0.29) is 11.9 Å². The van der Waals surface area contributed by atoms with Crippen LogP contribution in [0.15, 0.2) is 12.0 Å². The van der Waals surface area contributed by atoms with Gasteiger partial charge in [0.2, 0.25) is 0 Å². The van der Waals surface area contributed by atoms with Crippen LogP contribution in [0.4, 0.5) is 0 Å². The average Bonchev–Trinajstić information content (AvgIpc) is 1.58. The van der Waals surface area contributed by atoms with Gasteiger partial charge >= 0.3 is 0 Å². The normalized spacial score (nSPS) is 11.7. The first-order valence-corrected chi connectivity index (χ1v) is 2.89. The summed E-state index contributed by atoms with van der Waals surface area (Å²) in [6.45, 7) is 3.70. The van der Waals surface area contributed by atoms with Gasteiger partial charge in [-0.25, -0.2) is 0 Å². The SMILES string of the molecule is CC(C)N/C(N)=C/[N+](=O)[O-]. The number of rotatable bonds is 3. The lowest BCUT2D eigenvalue weighted by Crippen LogP contribution is -2.27. The minimum Gasteiger partial charge on any atom is -0.380 e. The Morgan fingerprint density at radius 2 is 2.30 bits per heavy atom. The molecular weight excluding hydrogens is 134 g/mol. The van der Waals surface area contributed by atoms with E-state index in [0.29, 0.717) is 0 Å². The average molecular weight is 145 g/mol. The second-order valence-corrected chi connectivity index (χ2v) is 2.17. The standard InChI is InChI=1S/C5H11N3O2/c1-4(2)7-5(6)3-8(9)10/h3-4,7H,6H2,1-2H3/b5-3+. The highest BCUT2D eigenvalue weighted by Crippen LogP contribution is 1.82. The molecule has 0 bridgehead atoms. The van der Waals surface area contributed by atoms with Gasteiger partial charge in [-0.2, -0.15) is 0 Å². The van der Waals surface area contributed by atoms with E-state index in [1.807, 2.05) is 13.8 Å². The molecule has 0 aliphatic rings. The van der Waals surface area contributed by atoms with Crippen LogP contribution in [0.1, 0.15) is 13.8 Å². The quantitative estimate of drug-likeness (QED) is 0.433. The Bertz CT molecular complexity index is 153. The molecule has 5 heteroatoms. The van der Waals surface area contributed by atoms with Gasteiger partial charge in [-0.3, -0.25) is 10.1 Å².